The van der Waals surface area contributed by atoms with Crippen molar-refractivity contribution in [2.75, 3.05) is 46.0 Å². The molecule has 6 nitrogen and oxygen atoms in total. The summed E-state index contributed by atoms with van der Waals surface area (Å²) in [7, 11) is 0. The monoisotopic (exact) mass is 433 g/mol. The molecular formula is C26H31N3O3. The van der Waals surface area contributed by atoms with E-state index in [1.165, 1.54) is 5.56 Å². The van der Waals surface area contributed by atoms with Crippen molar-refractivity contribution in [2.45, 2.75) is 13.5 Å². The summed E-state index contributed by atoms with van der Waals surface area (Å²) in [4.78, 5) is 15.5. The fraction of sp³-hybridized carbons (Fsp3) is 0.346. The highest BCUT2D eigenvalue weighted by Crippen LogP contribution is 2.30. The second-order valence-electron chi connectivity index (χ2n) is 8.10. The summed E-state index contributed by atoms with van der Waals surface area (Å²) in [5, 5.41) is 4.04. The Labute approximate surface area is 189 Å². The van der Waals surface area contributed by atoms with Gasteiger partial charge in [0.25, 0.3) is 5.91 Å². The van der Waals surface area contributed by atoms with Crippen molar-refractivity contribution in [3.8, 4) is 5.75 Å². The summed E-state index contributed by atoms with van der Waals surface area (Å²) in [5.74, 6) is 0.684. The zero-order valence-corrected chi connectivity index (χ0v) is 18.7. The van der Waals surface area contributed by atoms with Crippen LogP contribution >= 0.6 is 0 Å². The smallest absolute Gasteiger partial charge is 0.268 e. The molecule has 6 heteroatoms. The zero-order chi connectivity index (χ0) is 22.3. The summed E-state index contributed by atoms with van der Waals surface area (Å²) in [6.45, 7) is 11.6. The van der Waals surface area contributed by atoms with Gasteiger partial charge in [0, 0.05) is 38.1 Å². The molecule has 1 amide bonds. The highest BCUT2D eigenvalue weighted by Gasteiger charge is 2.19. The number of nitrogens with one attached hydrogen (secondary N) is 1. The van der Waals surface area contributed by atoms with E-state index < -0.39 is 0 Å². The second kappa shape index (κ2) is 10.5. The van der Waals surface area contributed by atoms with Gasteiger partial charge >= 0.3 is 0 Å². The van der Waals surface area contributed by atoms with Crippen LogP contribution in [0, 0.1) is 6.92 Å². The van der Waals surface area contributed by atoms with Gasteiger partial charge in [0.05, 0.1) is 18.7 Å². The molecule has 3 aromatic rings. The van der Waals surface area contributed by atoms with Crippen LogP contribution in [0.15, 0.2) is 61.2 Å². The van der Waals surface area contributed by atoms with Crippen LogP contribution in [0.2, 0.25) is 0 Å². The molecule has 1 N–H and O–H groups in total. The average Bonchev–Trinajstić information content (AvgIpc) is 3.19. The Hall–Kier alpha value is -3.09. The number of morpholine rings is 1. The number of aromatic nitrogens is 1. The number of rotatable bonds is 9. The third-order valence-corrected chi connectivity index (χ3v) is 5.77. The van der Waals surface area contributed by atoms with Gasteiger partial charge in [0.15, 0.2) is 0 Å². The van der Waals surface area contributed by atoms with E-state index in [-0.39, 0.29) is 5.91 Å². The molecule has 1 saturated heterocycles. The van der Waals surface area contributed by atoms with Crippen LogP contribution in [0.3, 0.4) is 0 Å². The summed E-state index contributed by atoms with van der Waals surface area (Å²) >= 11 is 0. The maximum absolute atomic E-state index is 13.2. The first-order valence-corrected chi connectivity index (χ1v) is 11.2. The molecule has 1 fully saturated rings. The lowest BCUT2D eigenvalue weighted by molar-refractivity contribution is 0.0383. The Balaban J connectivity index is 1.60. The standard InChI is InChI=1S/C26H31N3O3/c1-3-15-32-25-6-4-5-23-22(25)18-24(29(23)19-21-9-7-20(2)8-10-21)26(30)27-11-12-28-13-16-31-17-14-28/h3-10,18H,1,11-17,19H2,2H3,(H,27,30). The lowest BCUT2D eigenvalue weighted by Crippen LogP contribution is -2.41. The van der Waals surface area contributed by atoms with Crippen molar-refractivity contribution in [3.05, 3.63) is 78.0 Å². The van der Waals surface area contributed by atoms with E-state index in [0.717, 1.165) is 55.1 Å². The number of carbonyl (C=O) groups is 1. The highest BCUT2D eigenvalue weighted by molar-refractivity contribution is 6.00. The Bertz CT molecular complexity index is 1070. The summed E-state index contributed by atoms with van der Waals surface area (Å²) in [5.41, 5.74) is 3.97. The van der Waals surface area contributed by atoms with Crippen molar-refractivity contribution in [1.29, 1.82) is 0 Å². The summed E-state index contributed by atoms with van der Waals surface area (Å²) in [6, 6.07) is 16.3. The van der Waals surface area contributed by atoms with Gasteiger partial charge in [0.2, 0.25) is 0 Å². The first-order chi connectivity index (χ1) is 15.7. The van der Waals surface area contributed by atoms with Gasteiger partial charge in [-0.05, 0) is 30.7 Å². The van der Waals surface area contributed by atoms with E-state index in [9.17, 15) is 4.79 Å². The third kappa shape index (κ3) is 5.21. The minimum absolute atomic E-state index is 0.0729. The van der Waals surface area contributed by atoms with Crippen LogP contribution in [0.1, 0.15) is 21.6 Å². The second-order valence-corrected chi connectivity index (χ2v) is 8.10. The number of fused-ring (bicyclic) bond motifs is 1. The van der Waals surface area contributed by atoms with Gasteiger partial charge in [-0.25, -0.2) is 0 Å². The number of hydrogen-bond acceptors (Lipinski definition) is 4. The number of benzene rings is 2. The summed E-state index contributed by atoms with van der Waals surface area (Å²) < 4.78 is 13.3. The summed E-state index contributed by atoms with van der Waals surface area (Å²) in [6.07, 6.45) is 1.72. The molecule has 1 aliphatic heterocycles. The van der Waals surface area contributed by atoms with Crippen molar-refractivity contribution < 1.29 is 14.3 Å². The Morgan fingerprint density at radius 1 is 1.19 bits per heavy atom. The maximum atomic E-state index is 13.2. The predicted octanol–water partition coefficient (Wildman–Crippen LogP) is 3.62. The number of aryl methyl sites for hydroxylation is 1. The highest BCUT2D eigenvalue weighted by atomic mass is 16.5. The fourth-order valence-electron chi connectivity index (χ4n) is 4.01. The molecule has 2 heterocycles. The number of carbonyl (C=O) groups excluding carboxylic acids is 1. The molecule has 4 rings (SSSR count). The molecule has 168 valence electrons. The van der Waals surface area contributed by atoms with Crippen LogP contribution in [-0.2, 0) is 11.3 Å². The SMILES string of the molecule is C=CCOc1cccc2c1cc(C(=O)NCCN1CCOCC1)n2Cc1ccc(C)cc1. The molecule has 0 radical (unpaired) electrons. The third-order valence-electron chi connectivity index (χ3n) is 5.77. The molecule has 2 aromatic carbocycles. The van der Waals surface area contributed by atoms with Crippen molar-refractivity contribution in [1.82, 2.24) is 14.8 Å². The van der Waals surface area contributed by atoms with Crippen molar-refractivity contribution in [2.24, 2.45) is 0 Å². The Kier molecular flexibility index (Phi) is 7.24. The molecule has 0 unspecified atom stereocenters. The van der Waals surface area contributed by atoms with Gasteiger partial charge in [-0.15, -0.1) is 0 Å². The Morgan fingerprint density at radius 2 is 1.97 bits per heavy atom. The molecule has 1 aliphatic rings. The van der Waals surface area contributed by atoms with Gasteiger partial charge in [-0.2, -0.15) is 0 Å². The predicted molar refractivity (Wildman–Crippen MR) is 128 cm³/mol. The minimum Gasteiger partial charge on any atom is -0.489 e. The number of ether oxygens (including phenoxy) is 2. The molecular weight excluding hydrogens is 402 g/mol. The van der Waals surface area contributed by atoms with E-state index in [4.69, 9.17) is 9.47 Å². The van der Waals surface area contributed by atoms with Gasteiger partial charge < -0.3 is 19.4 Å². The number of hydrogen-bond donors (Lipinski definition) is 1. The van der Waals surface area contributed by atoms with Crippen LogP contribution in [0.4, 0.5) is 0 Å². The van der Waals surface area contributed by atoms with E-state index in [0.29, 0.717) is 25.4 Å². The van der Waals surface area contributed by atoms with Gasteiger partial charge in [0.1, 0.15) is 18.1 Å². The van der Waals surface area contributed by atoms with Crippen LogP contribution in [-0.4, -0.2) is 61.4 Å². The van der Waals surface area contributed by atoms with Crippen molar-refractivity contribution >= 4 is 16.8 Å². The van der Waals surface area contributed by atoms with E-state index >= 15 is 0 Å². The lowest BCUT2D eigenvalue weighted by Gasteiger charge is -2.26. The van der Waals surface area contributed by atoms with E-state index in [1.807, 2.05) is 24.3 Å². The molecule has 32 heavy (non-hydrogen) atoms. The van der Waals surface area contributed by atoms with Crippen molar-refractivity contribution in [3.63, 3.8) is 0 Å². The first kappa shape index (κ1) is 22.1. The molecule has 0 bridgehead atoms. The van der Waals surface area contributed by atoms with E-state index in [1.54, 1.807) is 6.08 Å². The van der Waals surface area contributed by atoms with Crippen LogP contribution in [0.25, 0.3) is 10.9 Å². The number of nitrogens with zero attached hydrogens (tertiary/aromatic N) is 2. The quantitative estimate of drug-likeness (QED) is 0.524. The molecule has 0 aliphatic carbocycles. The Morgan fingerprint density at radius 3 is 2.72 bits per heavy atom. The first-order valence-electron chi connectivity index (χ1n) is 11.2. The van der Waals surface area contributed by atoms with Gasteiger partial charge in [-0.3, -0.25) is 9.69 Å². The lowest BCUT2D eigenvalue weighted by atomic mass is 10.1. The molecule has 0 saturated carbocycles. The molecule has 1 aromatic heterocycles. The topological polar surface area (TPSA) is 55.7 Å². The normalized spacial score (nSPS) is 14.4. The minimum atomic E-state index is -0.0729. The molecule has 0 spiro atoms. The average molecular weight is 434 g/mol. The van der Waals surface area contributed by atoms with E-state index in [2.05, 4.69) is 52.6 Å². The van der Waals surface area contributed by atoms with Crippen LogP contribution in [0.5, 0.6) is 5.75 Å². The number of amides is 1. The van der Waals surface area contributed by atoms with Crippen LogP contribution < -0.4 is 10.1 Å². The molecule has 0 atom stereocenters. The van der Waals surface area contributed by atoms with Gasteiger partial charge in [-0.1, -0.05) is 48.6 Å². The zero-order valence-electron chi connectivity index (χ0n) is 18.7. The maximum Gasteiger partial charge on any atom is 0.268 e. The fourth-order valence-corrected chi connectivity index (χ4v) is 4.01. The largest absolute Gasteiger partial charge is 0.489 e.